The number of nitrogens with zero attached hydrogens (tertiary/aromatic N) is 3. The van der Waals surface area contributed by atoms with Gasteiger partial charge in [0.1, 0.15) is 18.0 Å². The van der Waals surface area contributed by atoms with E-state index < -0.39 is 17.0 Å². The van der Waals surface area contributed by atoms with Crippen molar-refractivity contribution < 1.29 is 18.3 Å². The van der Waals surface area contributed by atoms with E-state index >= 15 is 8.78 Å². The quantitative estimate of drug-likeness (QED) is 0.366. The summed E-state index contributed by atoms with van der Waals surface area (Å²) in [6.45, 7) is 10.1. The molecule has 0 amide bonds. The number of benzene rings is 2. The van der Waals surface area contributed by atoms with Crippen molar-refractivity contribution in [1.29, 1.82) is 0 Å². The lowest BCUT2D eigenvalue weighted by Crippen LogP contribution is -2.55. The van der Waals surface area contributed by atoms with Crippen LogP contribution < -0.4 is 5.32 Å². The van der Waals surface area contributed by atoms with Gasteiger partial charge in [-0.15, -0.1) is 5.10 Å². The van der Waals surface area contributed by atoms with Gasteiger partial charge in [0.2, 0.25) is 0 Å². The number of nitrogens with one attached hydrogen (secondary N) is 1. The van der Waals surface area contributed by atoms with Crippen molar-refractivity contribution in [3.8, 4) is 22.5 Å². The van der Waals surface area contributed by atoms with Crippen LogP contribution in [-0.2, 0) is 22.8 Å². The Morgan fingerprint density at radius 2 is 1.71 bits per heavy atom. The molecule has 6 nitrogen and oxygen atoms in total. The van der Waals surface area contributed by atoms with Gasteiger partial charge in [0.05, 0.1) is 5.41 Å². The van der Waals surface area contributed by atoms with Gasteiger partial charge in [-0.25, -0.2) is 18.4 Å². The number of rotatable bonds is 7. The summed E-state index contributed by atoms with van der Waals surface area (Å²) in [6, 6.07) is 10.3. The molecule has 202 valence electrons. The standard InChI is InChI=1S/C30H36F2N4O2/c1-29(2,3)28(37)38-17-36-16-34-27(35-36)19-8-6-7-18(9-19)20-10-25(31)24(26(32)11-20)15-33-23-13-21-12-22(14-23)30(21,4)5/h6-11,16,21-23,33H,12-15,17H2,1-5H3/t21-,22-/m1/s1. The third-order valence-corrected chi connectivity index (χ3v) is 8.45. The number of fused-ring (bicyclic) bond motifs is 2. The summed E-state index contributed by atoms with van der Waals surface area (Å²) < 4.78 is 36.9. The number of hydrogen-bond acceptors (Lipinski definition) is 5. The summed E-state index contributed by atoms with van der Waals surface area (Å²) in [5.41, 5.74) is 1.66. The van der Waals surface area contributed by atoms with Crippen LogP contribution in [0, 0.1) is 34.3 Å². The lowest BCUT2D eigenvalue weighted by Gasteiger charge is -2.59. The van der Waals surface area contributed by atoms with Gasteiger partial charge in [0, 0.05) is 23.7 Å². The van der Waals surface area contributed by atoms with E-state index in [1.54, 1.807) is 39.0 Å². The molecule has 0 unspecified atom stereocenters. The van der Waals surface area contributed by atoms with Gasteiger partial charge in [-0.2, -0.15) is 0 Å². The normalized spacial score (nSPS) is 22.1. The molecule has 6 rings (SSSR count). The highest BCUT2D eigenvalue weighted by Gasteiger charge is 2.52. The molecule has 3 fully saturated rings. The molecule has 3 aliphatic carbocycles. The van der Waals surface area contributed by atoms with Crippen molar-refractivity contribution in [3.63, 3.8) is 0 Å². The molecule has 3 saturated carbocycles. The van der Waals surface area contributed by atoms with E-state index in [0.717, 1.165) is 12.8 Å². The molecule has 0 radical (unpaired) electrons. The van der Waals surface area contributed by atoms with E-state index in [1.165, 1.54) is 29.6 Å². The molecule has 2 aromatic carbocycles. The van der Waals surface area contributed by atoms with Gasteiger partial charge >= 0.3 is 5.97 Å². The van der Waals surface area contributed by atoms with Crippen molar-refractivity contribution in [3.05, 3.63) is 59.9 Å². The van der Waals surface area contributed by atoms with Crippen LogP contribution in [0.1, 0.15) is 59.4 Å². The first kappa shape index (κ1) is 26.5. The predicted octanol–water partition coefficient (Wildman–Crippen LogP) is 6.35. The molecular formula is C30H36F2N4O2. The molecule has 1 heterocycles. The van der Waals surface area contributed by atoms with Crippen LogP contribution in [0.3, 0.4) is 0 Å². The molecule has 1 N–H and O–H groups in total. The molecule has 3 aliphatic rings. The van der Waals surface area contributed by atoms with Gasteiger partial charge in [-0.1, -0.05) is 32.0 Å². The maximum atomic E-state index is 15.1. The molecule has 0 spiro atoms. The summed E-state index contributed by atoms with van der Waals surface area (Å²) in [7, 11) is 0. The highest BCUT2D eigenvalue weighted by Crippen LogP contribution is 2.59. The largest absolute Gasteiger partial charge is 0.442 e. The molecule has 8 heteroatoms. The Labute approximate surface area is 222 Å². The molecule has 38 heavy (non-hydrogen) atoms. The Bertz CT molecular complexity index is 1310. The lowest BCUT2D eigenvalue weighted by molar-refractivity contribution is -0.157. The second-order valence-corrected chi connectivity index (χ2v) is 12.4. The summed E-state index contributed by atoms with van der Waals surface area (Å²) in [4.78, 5) is 16.3. The van der Waals surface area contributed by atoms with Crippen LogP contribution in [0.15, 0.2) is 42.7 Å². The van der Waals surface area contributed by atoms with Crippen LogP contribution >= 0.6 is 0 Å². The maximum Gasteiger partial charge on any atom is 0.313 e. The van der Waals surface area contributed by atoms with Crippen molar-refractivity contribution in [1.82, 2.24) is 20.1 Å². The van der Waals surface area contributed by atoms with Gasteiger partial charge in [0.25, 0.3) is 0 Å². The molecule has 2 bridgehead atoms. The van der Waals surface area contributed by atoms with Crippen molar-refractivity contribution >= 4 is 5.97 Å². The predicted molar refractivity (Wildman–Crippen MR) is 142 cm³/mol. The maximum absolute atomic E-state index is 15.1. The van der Waals surface area contributed by atoms with E-state index in [4.69, 9.17) is 4.74 Å². The minimum atomic E-state index is -0.610. The van der Waals surface area contributed by atoms with Crippen molar-refractivity contribution in [2.45, 2.75) is 73.2 Å². The Hall–Kier alpha value is -3.13. The first-order chi connectivity index (χ1) is 17.9. The van der Waals surface area contributed by atoms with E-state index in [9.17, 15) is 4.79 Å². The van der Waals surface area contributed by atoms with Gasteiger partial charge in [-0.05, 0) is 86.6 Å². The van der Waals surface area contributed by atoms with Crippen molar-refractivity contribution in [2.24, 2.45) is 22.7 Å². The minimum absolute atomic E-state index is 0.0470. The van der Waals surface area contributed by atoms with Gasteiger partial charge in [0.15, 0.2) is 12.6 Å². The monoisotopic (exact) mass is 522 g/mol. The molecule has 1 aromatic heterocycles. The Balaban J connectivity index is 1.26. The van der Waals surface area contributed by atoms with E-state index in [-0.39, 0.29) is 24.8 Å². The molecule has 3 aromatic rings. The summed E-state index contributed by atoms with van der Waals surface area (Å²) in [5, 5.41) is 7.78. The van der Waals surface area contributed by atoms with Gasteiger partial charge in [-0.3, -0.25) is 4.79 Å². The number of carbonyl (C=O) groups excluding carboxylic acids is 1. The summed E-state index contributed by atoms with van der Waals surface area (Å²) in [6.07, 6.45) is 4.90. The number of halogens is 2. The SMILES string of the molecule is CC(C)(C)C(=O)OCn1cnc(-c2cccc(-c3cc(F)c(CNC4C[C@H]5C[C@H](C4)C5(C)C)c(F)c3)c2)n1. The number of aromatic nitrogens is 3. The van der Waals surface area contributed by atoms with Crippen LogP contribution in [0.2, 0.25) is 0 Å². The fraction of sp³-hybridized carbons (Fsp3) is 0.500. The smallest absolute Gasteiger partial charge is 0.313 e. The number of hydrogen-bond donors (Lipinski definition) is 1. The fourth-order valence-electron chi connectivity index (χ4n) is 5.73. The molecular weight excluding hydrogens is 486 g/mol. The number of ether oxygens (including phenoxy) is 1. The fourth-order valence-corrected chi connectivity index (χ4v) is 5.73. The van der Waals surface area contributed by atoms with E-state index in [0.29, 0.717) is 45.8 Å². The van der Waals surface area contributed by atoms with Crippen LogP contribution in [0.4, 0.5) is 8.78 Å². The van der Waals surface area contributed by atoms with E-state index in [1.807, 2.05) is 6.07 Å². The first-order valence-corrected chi connectivity index (χ1v) is 13.3. The minimum Gasteiger partial charge on any atom is -0.442 e. The zero-order chi connectivity index (χ0) is 27.2. The van der Waals surface area contributed by atoms with Crippen LogP contribution in [0.25, 0.3) is 22.5 Å². The first-order valence-electron chi connectivity index (χ1n) is 13.3. The zero-order valence-corrected chi connectivity index (χ0v) is 22.7. The van der Waals surface area contributed by atoms with Crippen molar-refractivity contribution in [2.75, 3.05) is 0 Å². The van der Waals surface area contributed by atoms with Gasteiger partial charge < -0.3 is 10.1 Å². The topological polar surface area (TPSA) is 69.0 Å². The molecule has 0 aliphatic heterocycles. The highest BCUT2D eigenvalue weighted by molar-refractivity contribution is 5.75. The third-order valence-electron chi connectivity index (χ3n) is 8.45. The van der Waals surface area contributed by atoms with E-state index in [2.05, 4.69) is 29.2 Å². The molecule has 0 saturated heterocycles. The average Bonchev–Trinajstić information content (AvgIpc) is 3.35. The second-order valence-electron chi connectivity index (χ2n) is 12.4. The Morgan fingerprint density at radius 3 is 2.34 bits per heavy atom. The Kier molecular flexibility index (Phi) is 6.88. The number of carbonyl (C=O) groups is 1. The average molecular weight is 523 g/mol. The third kappa shape index (κ3) is 5.23. The summed E-state index contributed by atoms with van der Waals surface area (Å²) >= 11 is 0. The highest BCUT2D eigenvalue weighted by atomic mass is 19.1. The second kappa shape index (κ2) is 9.88. The van der Waals surface area contributed by atoms with Crippen LogP contribution in [0.5, 0.6) is 0 Å². The summed E-state index contributed by atoms with van der Waals surface area (Å²) in [5.74, 6) is 0.377. The zero-order valence-electron chi connectivity index (χ0n) is 22.7. The molecule has 2 atom stereocenters. The number of esters is 1. The lowest BCUT2D eigenvalue weighted by atomic mass is 9.48. The van der Waals surface area contributed by atoms with Crippen LogP contribution in [-0.4, -0.2) is 26.8 Å². The Morgan fingerprint density at radius 1 is 1.05 bits per heavy atom.